The number of nitrogens with two attached hydrogens (primary N) is 1. The van der Waals surface area contributed by atoms with Crippen molar-refractivity contribution in [3.8, 4) is 22.5 Å². The molecule has 0 aliphatic carbocycles. The molecule has 2 amide bonds. The second-order valence-electron chi connectivity index (χ2n) is 8.66. The largest absolute Gasteiger partial charge is 0.366 e. The van der Waals surface area contributed by atoms with Crippen LogP contribution in [0, 0.1) is 0 Å². The van der Waals surface area contributed by atoms with E-state index in [-0.39, 0.29) is 12.3 Å². The summed E-state index contributed by atoms with van der Waals surface area (Å²) in [6.45, 7) is 0.539. The van der Waals surface area contributed by atoms with Crippen LogP contribution in [0.1, 0.15) is 28.0 Å². The maximum absolute atomic E-state index is 12.6. The molecular formula is C29H26N6O2. The number of hydrogen-bond acceptors (Lipinski definition) is 4. The van der Waals surface area contributed by atoms with Gasteiger partial charge < -0.3 is 15.6 Å². The van der Waals surface area contributed by atoms with Crippen molar-refractivity contribution in [1.82, 2.24) is 19.7 Å². The lowest BCUT2D eigenvalue weighted by molar-refractivity contribution is -0.116. The Balaban J connectivity index is 1.52. The Morgan fingerprint density at radius 1 is 0.946 bits per heavy atom. The molecule has 5 rings (SSSR count). The van der Waals surface area contributed by atoms with Crippen molar-refractivity contribution in [3.05, 3.63) is 114 Å². The molecule has 5 aromatic rings. The zero-order chi connectivity index (χ0) is 25.6. The van der Waals surface area contributed by atoms with Crippen LogP contribution in [0.25, 0.3) is 22.5 Å². The molecule has 3 aromatic carbocycles. The van der Waals surface area contributed by atoms with E-state index < -0.39 is 5.91 Å². The minimum atomic E-state index is -0.543. The van der Waals surface area contributed by atoms with Gasteiger partial charge in [0.1, 0.15) is 5.82 Å². The molecule has 0 radical (unpaired) electrons. The molecule has 0 saturated carbocycles. The Morgan fingerprint density at radius 2 is 1.70 bits per heavy atom. The number of primary amides is 1. The highest BCUT2D eigenvalue weighted by Crippen LogP contribution is 2.34. The van der Waals surface area contributed by atoms with Crippen molar-refractivity contribution >= 4 is 17.5 Å². The van der Waals surface area contributed by atoms with Crippen LogP contribution in [0.5, 0.6) is 0 Å². The minimum Gasteiger partial charge on any atom is -0.366 e. The predicted molar refractivity (Wildman–Crippen MR) is 143 cm³/mol. The Morgan fingerprint density at radius 3 is 2.41 bits per heavy atom. The molecule has 0 atom stereocenters. The maximum Gasteiger partial charge on any atom is 0.249 e. The Labute approximate surface area is 214 Å². The molecule has 184 valence electrons. The first kappa shape index (κ1) is 23.7. The van der Waals surface area contributed by atoms with E-state index in [1.165, 1.54) is 0 Å². The van der Waals surface area contributed by atoms with Crippen molar-refractivity contribution in [2.45, 2.75) is 19.4 Å². The Hall–Kier alpha value is -4.98. The number of benzene rings is 3. The fraction of sp³-hybridized carbons (Fsp3) is 0.103. The first-order valence-corrected chi connectivity index (χ1v) is 12.0. The second kappa shape index (κ2) is 10.7. The quantitative estimate of drug-likeness (QED) is 0.278. The van der Waals surface area contributed by atoms with E-state index >= 15 is 0 Å². The van der Waals surface area contributed by atoms with E-state index in [4.69, 9.17) is 10.7 Å². The molecule has 8 heteroatoms. The number of rotatable bonds is 9. The number of para-hydroxylation sites is 1. The van der Waals surface area contributed by atoms with Gasteiger partial charge >= 0.3 is 0 Å². The topological polar surface area (TPSA) is 119 Å². The Kier molecular flexibility index (Phi) is 6.89. The van der Waals surface area contributed by atoms with Gasteiger partial charge in [0.25, 0.3) is 0 Å². The number of amides is 2. The van der Waals surface area contributed by atoms with Crippen LogP contribution in [0.15, 0.2) is 97.5 Å². The van der Waals surface area contributed by atoms with Crippen molar-refractivity contribution < 1.29 is 9.59 Å². The van der Waals surface area contributed by atoms with E-state index in [9.17, 15) is 9.59 Å². The number of aromatic nitrogens is 4. The molecule has 0 fully saturated rings. The van der Waals surface area contributed by atoms with Gasteiger partial charge in [-0.1, -0.05) is 60.7 Å². The standard InChI is InChI=1S/C29H26N6O2/c30-28(37)25-13-7-12-24(21-16-31-32-17-21)27(25)29-34-23(19-35(29)18-20-8-3-1-4-9-20)14-15-26(36)33-22-10-5-2-6-11-22/h1-13,16-17,19H,14-15,18H2,(H2,30,37)(H,31,32)(H,33,36). The number of imidazole rings is 1. The smallest absolute Gasteiger partial charge is 0.249 e. The molecule has 0 spiro atoms. The van der Waals surface area contributed by atoms with Gasteiger partial charge in [-0.2, -0.15) is 5.10 Å². The van der Waals surface area contributed by atoms with Gasteiger partial charge in [0, 0.05) is 42.2 Å². The third-order valence-electron chi connectivity index (χ3n) is 6.05. The van der Waals surface area contributed by atoms with Crippen molar-refractivity contribution in [3.63, 3.8) is 0 Å². The van der Waals surface area contributed by atoms with Gasteiger partial charge in [0.15, 0.2) is 0 Å². The summed E-state index contributed by atoms with van der Waals surface area (Å²) in [6.07, 6.45) is 6.11. The number of nitrogens with zero attached hydrogens (tertiary/aromatic N) is 3. The summed E-state index contributed by atoms with van der Waals surface area (Å²) in [4.78, 5) is 30.0. The SMILES string of the molecule is NC(=O)c1cccc(-c2cn[nH]c2)c1-c1nc(CCC(=O)Nc2ccccc2)cn1Cc1ccccc1. The molecule has 8 nitrogen and oxygen atoms in total. The summed E-state index contributed by atoms with van der Waals surface area (Å²) in [6, 6.07) is 24.8. The average molecular weight is 491 g/mol. The summed E-state index contributed by atoms with van der Waals surface area (Å²) in [5, 5.41) is 9.82. The number of H-pyrrole nitrogens is 1. The number of carbonyl (C=O) groups excluding carboxylic acids is 2. The summed E-state index contributed by atoms with van der Waals surface area (Å²) in [7, 11) is 0. The number of nitrogens with one attached hydrogen (secondary N) is 2. The van der Waals surface area contributed by atoms with Crippen LogP contribution in [0.2, 0.25) is 0 Å². The summed E-state index contributed by atoms with van der Waals surface area (Å²) in [5.74, 6) is -0.0340. The van der Waals surface area contributed by atoms with E-state index in [0.29, 0.717) is 29.9 Å². The van der Waals surface area contributed by atoms with Gasteiger partial charge in [-0.15, -0.1) is 0 Å². The monoisotopic (exact) mass is 490 g/mol. The summed E-state index contributed by atoms with van der Waals surface area (Å²) in [5.41, 5.74) is 11.0. The molecule has 2 heterocycles. The molecular weight excluding hydrogens is 464 g/mol. The van der Waals surface area contributed by atoms with E-state index in [1.54, 1.807) is 24.5 Å². The van der Waals surface area contributed by atoms with Crippen LogP contribution >= 0.6 is 0 Å². The zero-order valence-electron chi connectivity index (χ0n) is 20.1. The minimum absolute atomic E-state index is 0.0954. The maximum atomic E-state index is 12.6. The molecule has 0 aliphatic heterocycles. The summed E-state index contributed by atoms with van der Waals surface area (Å²) < 4.78 is 2.01. The van der Waals surface area contributed by atoms with Gasteiger partial charge in [0.2, 0.25) is 11.8 Å². The first-order valence-electron chi connectivity index (χ1n) is 12.0. The molecule has 0 aliphatic rings. The lowest BCUT2D eigenvalue weighted by atomic mass is 9.96. The molecule has 0 unspecified atom stereocenters. The normalized spacial score (nSPS) is 10.8. The van der Waals surface area contributed by atoms with Gasteiger partial charge in [-0.05, 0) is 35.7 Å². The average Bonchev–Trinajstić information content (AvgIpc) is 3.59. The molecule has 0 bridgehead atoms. The van der Waals surface area contributed by atoms with E-state index in [2.05, 4.69) is 15.5 Å². The Bertz CT molecular complexity index is 1510. The second-order valence-corrected chi connectivity index (χ2v) is 8.66. The third-order valence-corrected chi connectivity index (χ3v) is 6.05. The highest BCUT2D eigenvalue weighted by Gasteiger charge is 2.22. The van der Waals surface area contributed by atoms with Crippen LogP contribution < -0.4 is 11.1 Å². The van der Waals surface area contributed by atoms with Crippen LogP contribution in [-0.2, 0) is 17.8 Å². The highest BCUT2D eigenvalue weighted by molar-refractivity contribution is 6.03. The fourth-order valence-corrected chi connectivity index (χ4v) is 4.31. The lowest BCUT2D eigenvalue weighted by Crippen LogP contribution is -2.14. The van der Waals surface area contributed by atoms with Gasteiger partial charge in [-0.25, -0.2) is 4.98 Å². The molecule has 37 heavy (non-hydrogen) atoms. The van der Waals surface area contributed by atoms with E-state index in [0.717, 1.165) is 28.1 Å². The highest BCUT2D eigenvalue weighted by atomic mass is 16.1. The predicted octanol–water partition coefficient (Wildman–Crippen LogP) is 4.66. The molecule has 0 saturated heterocycles. The number of aromatic amines is 1. The fourth-order valence-electron chi connectivity index (χ4n) is 4.31. The zero-order valence-corrected chi connectivity index (χ0v) is 20.1. The number of aryl methyl sites for hydroxylation is 1. The third kappa shape index (κ3) is 5.48. The van der Waals surface area contributed by atoms with Gasteiger partial charge in [-0.3, -0.25) is 14.7 Å². The van der Waals surface area contributed by atoms with Crippen LogP contribution in [0.3, 0.4) is 0 Å². The van der Waals surface area contributed by atoms with Crippen LogP contribution in [-0.4, -0.2) is 31.6 Å². The number of anilines is 1. The summed E-state index contributed by atoms with van der Waals surface area (Å²) >= 11 is 0. The van der Waals surface area contributed by atoms with Crippen molar-refractivity contribution in [1.29, 1.82) is 0 Å². The number of carbonyl (C=O) groups is 2. The molecule has 4 N–H and O–H groups in total. The molecule has 2 aromatic heterocycles. The van der Waals surface area contributed by atoms with Crippen molar-refractivity contribution in [2.75, 3.05) is 5.32 Å². The lowest BCUT2D eigenvalue weighted by Gasteiger charge is -2.14. The van der Waals surface area contributed by atoms with Gasteiger partial charge in [0.05, 0.1) is 17.5 Å². The van der Waals surface area contributed by atoms with Crippen molar-refractivity contribution in [2.24, 2.45) is 5.73 Å². The van der Waals surface area contributed by atoms with E-state index in [1.807, 2.05) is 77.5 Å². The first-order chi connectivity index (χ1) is 18.1. The number of hydrogen-bond donors (Lipinski definition) is 3. The van der Waals surface area contributed by atoms with Crippen LogP contribution in [0.4, 0.5) is 5.69 Å².